The molecule has 6 nitrogen and oxygen atoms in total. The lowest BCUT2D eigenvalue weighted by atomic mass is 10.2. The van der Waals surface area contributed by atoms with Gasteiger partial charge in [0.15, 0.2) is 11.6 Å². The molecule has 124 valence electrons. The number of nitrogens with zero attached hydrogens (tertiary/aromatic N) is 3. The normalized spacial score (nSPS) is 16.9. The second kappa shape index (κ2) is 6.47. The fourth-order valence-electron chi connectivity index (χ4n) is 2.92. The molecule has 2 fully saturated rings. The maximum absolute atomic E-state index is 11.7. The van der Waals surface area contributed by atoms with Crippen LogP contribution in [0.4, 0.5) is 23.0 Å². The van der Waals surface area contributed by atoms with Crippen LogP contribution in [0.2, 0.25) is 0 Å². The number of amides is 1. The van der Waals surface area contributed by atoms with Gasteiger partial charge in [-0.25, -0.2) is 0 Å². The summed E-state index contributed by atoms with van der Waals surface area (Å²) in [6.45, 7) is 2.29. The van der Waals surface area contributed by atoms with Gasteiger partial charge < -0.3 is 15.5 Å². The Balaban J connectivity index is 1.36. The zero-order chi connectivity index (χ0) is 16.4. The van der Waals surface area contributed by atoms with Gasteiger partial charge in [0, 0.05) is 30.4 Å². The van der Waals surface area contributed by atoms with Gasteiger partial charge >= 0.3 is 0 Å². The molecule has 1 amide bonds. The molecule has 1 aromatic carbocycles. The summed E-state index contributed by atoms with van der Waals surface area (Å²) in [6.07, 6.45) is 4.51. The van der Waals surface area contributed by atoms with E-state index >= 15 is 0 Å². The van der Waals surface area contributed by atoms with E-state index in [4.69, 9.17) is 0 Å². The van der Waals surface area contributed by atoms with Gasteiger partial charge in [-0.3, -0.25) is 4.79 Å². The van der Waals surface area contributed by atoms with Gasteiger partial charge in [-0.1, -0.05) is 0 Å². The quantitative estimate of drug-likeness (QED) is 0.884. The van der Waals surface area contributed by atoms with Gasteiger partial charge in [0.1, 0.15) is 0 Å². The molecule has 0 unspecified atom stereocenters. The van der Waals surface area contributed by atoms with Crippen molar-refractivity contribution in [3.8, 4) is 0 Å². The van der Waals surface area contributed by atoms with Crippen molar-refractivity contribution >= 4 is 28.9 Å². The fraction of sp³-hybridized carbons (Fsp3) is 0.389. The Labute approximate surface area is 141 Å². The molecular weight excluding hydrogens is 302 g/mol. The number of carbonyl (C=O) groups excluding carboxylic acids is 1. The highest BCUT2D eigenvalue weighted by Gasteiger charge is 2.29. The Morgan fingerprint density at radius 2 is 1.62 bits per heavy atom. The molecule has 1 aliphatic carbocycles. The summed E-state index contributed by atoms with van der Waals surface area (Å²) in [4.78, 5) is 14.1. The lowest BCUT2D eigenvalue weighted by Gasteiger charge is -2.17. The van der Waals surface area contributed by atoms with Gasteiger partial charge in [-0.05, 0) is 62.1 Å². The van der Waals surface area contributed by atoms with Gasteiger partial charge in [-0.15, -0.1) is 10.2 Å². The summed E-state index contributed by atoms with van der Waals surface area (Å²) in [6, 6.07) is 12.0. The van der Waals surface area contributed by atoms with E-state index in [0.717, 1.165) is 31.6 Å². The maximum Gasteiger partial charge on any atom is 0.228 e. The van der Waals surface area contributed by atoms with Gasteiger partial charge in [0.2, 0.25) is 5.91 Å². The van der Waals surface area contributed by atoms with Crippen LogP contribution in [0.3, 0.4) is 0 Å². The first kappa shape index (κ1) is 14.9. The largest absolute Gasteiger partial charge is 0.372 e. The molecule has 2 heterocycles. The monoisotopic (exact) mass is 323 g/mol. The predicted octanol–water partition coefficient (Wildman–Crippen LogP) is 3.17. The van der Waals surface area contributed by atoms with Crippen LogP contribution in [0.5, 0.6) is 0 Å². The number of hydrogen-bond donors (Lipinski definition) is 2. The zero-order valence-electron chi connectivity index (χ0n) is 13.5. The van der Waals surface area contributed by atoms with Crippen molar-refractivity contribution in [1.82, 2.24) is 10.2 Å². The summed E-state index contributed by atoms with van der Waals surface area (Å²) in [5.74, 6) is 1.37. The van der Waals surface area contributed by atoms with Crippen molar-refractivity contribution in [3.63, 3.8) is 0 Å². The standard InChI is InChI=1S/C18H21N5O/c24-18(13-3-4-13)20-17-10-9-16(21-22-17)19-14-5-7-15(8-6-14)23-11-1-2-12-23/h5-10,13H,1-4,11-12H2,(H,19,21)(H,20,22,24). The Hall–Kier alpha value is -2.63. The third-order valence-corrected chi connectivity index (χ3v) is 4.47. The van der Waals surface area contributed by atoms with E-state index in [-0.39, 0.29) is 11.8 Å². The topological polar surface area (TPSA) is 70.2 Å². The Bertz CT molecular complexity index is 703. The van der Waals surface area contributed by atoms with E-state index in [1.807, 2.05) is 6.07 Å². The van der Waals surface area contributed by atoms with E-state index < -0.39 is 0 Å². The Kier molecular flexibility index (Phi) is 4.02. The molecule has 0 radical (unpaired) electrons. The molecule has 1 saturated carbocycles. The summed E-state index contributed by atoms with van der Waals surface area (Å²) in [5.41, 5.74) is 2.24. The van der Waals surface area contributed by atoms with E-state index in [1.54, 1.807) is 6.07 Å². The highest BCUT2D eigenvalue weighted by atomic mass is 16.2. The highest BCUT2D eigenvalue weighted by molar-refractivity contribution is 5.93. The third-order valence-electron chi connectivity index (χ3n) is 4.47. The lowest BCUT2D eigenvalue weighted by molar-refractivity contribution is -0.117. The van der Waals surface area contributed by atoms with E-state index in [1.165, 1.54) is 18.5 Å². The minimum atomic E-state index is 0.0440. The molecule has 0 bridgehead atoms. The zero-order valence-corrected chi connectivity index (χ0v) is 13.5. The molecular formula is C18H21N5O. The Morgan fingerprint density at radius 1 is 0.958 bits per heavy atom. The average molecular weight is 323 g/mol. The average Bonchev–Trinajstić information content (AvgIpc) is 3.32. The lowest BCUT2D eigenvalue weighted by Crippen LogP contribution is -2.17. The minimum absolute atomic E-state index is 0.0440. The smallest absolute Gasteiger partial charge is 0.228 e. The molecule has 1 saturated heterocycles. The van der Waals surface area contributed by atoms with Crippen molar-refractivity contribution in [3.05, 3.63) is 36.4 Å². The van der Waals surface area contributed by atoms with Crippen LogP contribution in [0.1, 0.15) is 25.7 Å². The van der Waals surface area contributed by atoms with Crippen LogP contribution in [-0.2, 0) is 4.79 Å². The first-order valence-corrected chi connectivity index (χ1v) is 8.54. The van der Waals surface area contributed by atoms with Crippen molar-refractivity contribution in [2.75, 3.05) is 28.6 Å². The number of carbonyl (C=O) groups is 1. The molecule has 2 aliphatic rings. The maximum atomic E-state index is 11.7. The third kappa shape index (κ3) is 3.48. The number of rotatable bonds is 5. The fourth-order valence-corrected chi connectivity index (χ4v) is 2.92. The van der Waals surface area contributed by atoms with Crippen LogP contribution < -0.4 is 15.5 Å². The predicted molar refractivity (Wildman–Crippen MR) is 94.6 cm³/mol. The van der Waals surface area contributed by atoms with Crippen LogP contribution in [0.15, 0.2) is 36.4 Å². The van der Waals surface area contributed by atoms with Crippen LogP contribution >= 0.6 is 0 Å². The van der Waals surface area contributed by atoms with E-state index in [9.17, 15) is 4.79 Å². The molecule has 1 aliphatic heterocycles. The molecule has 1 aromatic heterocycles. The summed E-state index contributed by atoms with van der Waals surface area (Å²) in [7, 11) is 0. The summed E-state index contributed by atoms with van der Waals surface area (Å²) >= 11 is 0. The van der Waals surface area contributed by atoms with Gasteiger partial charge in [0.25, 0.3) is 0 Å². The molecule has 6 heteroatoms. The molecule has 2 N–H and O–H groups in total. The molecule has 2 aromatic rings. The first-order valence-electron chi connectivity index (χ1n) is 8.54. The van der Waals surface area contributed by atoms with Crippen molar-refractivity contribution in [2.24, 2.45) is 5.92 Å². The van der Waals surface area contributed by atoms with Crippen molar-refractivity contribution < 1.29 is 4.79 Å². The second-order valence-electron chi connectivity index (χ2n) is 6.43. The summed E-state index contributed by atoms with van der Waals surface area (Å²) in [5, 5.41) is 14.2. The van der Waals surface area contributed by atoms with Crippen LogP contribution in [0.25, 0.3) is 0 Å². The molecule has 0 atom stereocenters. The molecule has 4 rings (SSSR count). The van der Waals surface area contributed by atoms with Gasteiger partial charge in [0.05, 0.1) is 0 Å². The minimum Gasteiger partial charge on any atom is -0.372 e. The number of anilines is 4. The second-order valence-corrected chi connectivity index (χ2v) is 6.43. The summed E-state index contributed by atoms with van der Waals surface area (Å²) < 4.78 is 0. The van der Waals surface area contributed by atoms with Crippen molar-refractivity contribution in [1.29, 1.82) is 0 Å². The molecule has 0 spiro atoms. The molecule has 24 heavy (non-hydrogen) atoms. The van der Waals surface area contributed by atoms with E-state index in [0.29, 0.717) is 11.6 Å². The van der Waals surface area contributed by atoms with E-state index in [2.05, 4.69) is 50.0 Å². The number of hydrogen-bond acceptors (Lipinski definition) is 5. The highest BCUT2D eigenvalue weighted by Crippen LogP contribution is 2.30. The SMILES string of the molecule is O=C(Nc1ccc(Nc2ccc(N3CCCC3)cc2)nn1)C1CC1. The Morgan fingerprint density at radius 3 is 2.25 bits per heavy atom. The van der Waals surface area contributed by atoms with Gasteiger partial charge in [-0.2, -0.15) is 0 Å². The van der Waals surface area contributed by atoms with Crippen molar-refractivity contribution in [2.45, 2.75) is 25.7 Å². The van der Waals surface area contributed by atoms with Crippen LogP contribution in [0, 0.1) is 5.92 Å². The number of benzene rings is 1. The number of nitrogens with one attached hydrogen (secondary N) is 2. The number of aromatic nitrogens is 2. The first-order chi connectivity index (χ1) is 11.8. The van der Waals surface area contributed by atoms with Crippen LogP contribution in [-0.4, -0.2) is 29.2 Å².